The molecule has 1 aromatic carbocycles. The zero-order valence-corrected chi connectivity index (χ0v) is 17.8. The summed E-state index contributed by atoms with van der Waals surface area (Å²) in [7, 11) is 0. The lowest BCUT2D eigenvalue weighted by atomic mass is 10.2. The minimum Gasteiger partial charge on any atom is -0.489 e. The van der Waals surface area contributed by atoms with Crippen LogP contribution in [-0.4, -0.2) is 47.8 Å². The molecule has 1 saturated carbocycles. The highest BCUT2D eigenvalue weighted by Gasteiger charge is 2.24. The lowest BCUT2D eigenvalue weighted by Crippen LogP contribution is -2.27. The molecule has 2 heterocycles. The number of nitrogens with zero attached hydrogens (tertiary/aromatic N) is 2. The highest BCUT2D eigenvalue weighted by molar-refractivity contribution is 5.97. The second kappa shape index (κ2) is 9.82. The molecule has 166 valence electrons. The minimum absolute atomic E-state index is 0.0152. The van der Waals surface area contributed by atoms with Gasteiger partial charge >= 0.3 is 0 Å². The highest BCUT2D eigenvalue weighted by atomic mass is 16.5. The standard InChI is InChI=1S/C22H30N6O3/c1-2-3-4-9-30-16-11-24-18-10-15(7-8-19(18)31-13-16)27-22-25-12-17(20(23)29)21(28-22)26-14-5-6-14/h7-8,10,12,14,16,24H,2-6,9,11,13H2,1H3,(H2,23,29)(H2,25,26,27,28)/t16-/m0/s1. The van der Waals surface area contributed by atoms with Crippen molar-refractivity contribution in [2.45, 2.75) is 51.2 Å². The summed E-state index contributed by atoms with van der Waals surface area (Å²) in [5.41, 5.74) is 7.43. The summed E-state index contributed by atoms with van der Waals surface area (Å²) in [6, 6.07) is 6.11. The summed E-state index contributed by atoms with van der Waals surface area (Å²) in [4.78, 5) is 20.4. The zero-order valence-electron chi connectivity index (χ0n) is 17.8. The van der Waals surface area contributed by atoms with Gasteiger partial charge in [-0.05, 0) is 37.5 Å². The molecule has 31 heavy (non-hydrogen) atoms. The van der Waals surface area contributed by atoms with Gasteiger partial charge in [-0.2, -0.15) is 4.98 Å². The number of nitrogens with two attached hydrogens (primary N) is 1. The van der Waals surface area contributed by atoms with Gasteiger partial charge in [-0.3, -0.25) is 4.79 Å². The van der Waals surface area contributed by atoms with Crippen LogP contribution in [0.1, 0.15) is 49.4 Å². The number of hydrogen-bond donors (Lipinski definition) is 4. The lowest BCUT2D eigenvalue weighted by molar-refractivity contribution is 0.0294. The van der Waals surface area contributed by atoms with Gasteiger partial charge in [0.15, 0.2) is 0 Å². The van der Waals surface area contributed by atoms with Crippen LogP contribution >= 0.6 is 0 Å². The number of primary amides is 1. The number of nitrogens with one attached hydrogen (secondary N) is 3. The van der Waals surface area contributed by atoms with E-state index in [1.807, 2.05) is 18.2 Å². The Hall–Kier alpha value is -3.07. The summed E-state index contributed by atoms with van der Waals surface area (Å²) in [6.45, 7) is 4.14. The molecule has 9 nitrogen and oxygen atoms in total. The molecule has 1 amide bonds. The van der Waals surface area contributed by atoms with Crippen molar-refractivity contribution < 1.29 is 14.3 Å². The zero-order chi connectivity index (χ0) is 21.6. The van der Waals surface area contributed by atoms with E-state index < -0.39 is 5.91 Å². The quantitative estimate of drug-likeness (QED) is 0.427. The maximum Gasteiger partial charge on any atom is 0.254 e. The van der Waals surface area contributed by atoms with Crippen molar-refractivity contribution in [2.75, 3.05) is 35.7 Å². The number of aromatic nitrogens is 2. The largest absolute Gasteiger partial charge is 0.489 e. The van der Waals surface area contributed by atoms with E-state index in [4.69, 9.17) is 15.2 Å². The number of carbonyl (C=O) groups is 1. The van der Waals surface area contributed by atoms with Crippen molar-refractivity contribution in [3.8, 4) is 5.75 Å². The van der Waals surface area contributed by atoms with Gasteiger partial charge in [0.05, 0.1) is 11.3 Å². The predicted molar refractivity (Wildman–Crippen MR) is 120 cm³/mol. The lowest BCUT2D eigenvalue weighted by Gasteiger charge is -2.15. The van der Waals surface area contributed by atoms with Crippen LogP contribution in [0.3, 0.4) is 0 Å². The number of benzene rings is 1. The van der Waals surface area contributed by atoms with Crippen LogP contribution in [0, 0.1) is 0 Å². The Labute approximate surface area is 182 Å². The van der Waals surface area contributed by atoms with E-state index in [9.17, 15) is 4.79 Å². The topological polar surface area (TPSA) is 123 Å². The summed E-state index contributed by atoms with van der Waals surface area (Å²) in [5, 5.41) is 9.84. The predicted octanol–water partition coefficient (Wildman–Crippen LogP) is 3.27. The van der Waals surface area contributed by atoms with Gasteiger partial charge in [0.1, 0.15) is 24.3 Å². The number of fused-ring (bicyclic) bond motifs is 1. The van der Waals surface area contributed by atoms with Crippen molar-refractivity contribution >= 4 is 29.0 Å². The number of hydrogen-bond acceptors (Lipinski definition) is 8. The van der Waals surface area contributed by atoms with Gasteiger partial charge in [0, 0.05) is 31.1 Å². The van der Waals surface area contributed by atoms with Crippen LogP contribution in [0.5, 0.6) is 5.75 Å². The van der Waals surface area contributed by atoms with E-state index in [1.165, 1.54) is 19.0 Å². The molecule has 9 heteroatoms. The smallest absolute Gasteiger partial charge is 0.254 e. The van der Waals surface area contributed by atoms with Gasteiger partial charge in [0.2, 0.25) is 5.95 Å². The van der Waals surface area contributed by atoms with E-state index in [-0.39, 0.29) is 6.10 Å². The van der Waals surface area contributed by atoms with E-state index >= 15 is 0 Å². The number of rotatable bonds is 10. The molecule has 0 spiro atoms. The van der Waals surface area contributed by atoms with Crippen molar-refractivity contribution in [1.82, 2.24) is 9.97 Å². The fraction of sp³-hybridized carbons (Fsp3) is 0.500. The number of carbonyl (C=O) groups excluding carboxylic acids is 1. The Balaban J connectivity index is 1.41. The Morgan fingerprint density at radius 1 is 1.35 bits per heavy atom. The molecule has 1 aromatic heterocycles. The van der Waals surface area contributed by atoms with Crippen molar-refractivity contribution in [3.05, 3.63) is 30.0 Å². The number of ether oxygens (including phenoxy) is 2. The summed E-state index contributed by atoms with van der Waals surface area (Å²) >= 11 is 0. The third-order valence-corrected chi connectivity index (χ3v) is 5.25. The summed E-state index contributed by atoms with van der Waals surface area (Å²) in [5.74, 6) is 1.09. The van der Waals surface area contributed by atoms with Gasteiger partial charge in [-0.25, -0.2) is 4.98 Å². The van der Waals surface area contributed by atoms with E-state index in [0.717, 1.165) is 43.0 Å². The van der Waals surface area contributed by atoms with Crippen molar-refractivity contribution in [1.29, 1.82) is 0 Å². The van der Waals surface area contributed by atoms with Crippen LogP contribution in [0.25, 0.3) is 0 Å². The SMILES string of the molecule is CCCCCO[C@H]1CNc2cc(Nc3ncc(C(N)=O)c(NC4CC4)n3)ccc2OC1. The van der Waals surface area contributed by atoms with Crippen LogP contribution in [-0.2, 0) is 4.74 Å². The van der Waals surface area contributed by atoms with Crippen LogP contribution < -0.4 is 26.4 Å². The first kappa shape index (κ1) is 21.2. The molecule has 5 N–H and O–H groups in total. The third kappa shape index (κ3) is 5.75. The van der Waals surface area contributed by atoms with Crippen LogP contribution in [0.15, 0.2) is 24.4 Å². The molecule has 0 bridgehead atoms. The van der Waals surface area contributed by atoms with Crippen LogP contribution in [0.4, 0.5) is 23.1 Å². The average Bonchev–Trinajstić information content (AvgIpc) is 3.59. The van der Waals surface area contributed by atoms with Crippen LogP contribution in [0.2, 0.25) is 0 Å². The van der Waals surface area contributed by atoms with Gasteiger partial charge in [-0.15, -0.1) is 0 Å². The van der Waals surface area contributed by atoms with E-state index in [0.29, 0.717) is 36.5 Å². The Kier molecular flexibility index (Phi) is 6.71. The Morgan fingerprint density at radius 3 is 3.00 bits per heavy atom. The summed E-state index contributed by atoms with van der Waals surface area (Å²) in [6.07, 6.45) is 7.01. The highest BCUT2D eigenvalue weighted by Crippen LogP contribution is 2.31. The van der Waals surface area contributed by atoms with Crippen molar-refractivity contribution in [3.63, 3.8) is 0 Å². The average molecular weight is 427 g/mol. The number of unbranched alkanes of at least 4 members (excludes halogenated alkanes) is 2. The molecule has 2 aromatic rings. The van der Waals surface area contributed by atoms with Crippen molar-refractivity contribution in [2.24, 2.45) is 5.73 Å². The molecule has 4 rings (SSSR count). The maximum absolute atomic E-state index is 11.7. The second-order valence-corrected chi connectivity index (χ2v) is 7.97. The first-order valence-electron chi connectivity index (χ1n) is 10.9. The molecular formula is C22H30N6O3. The van der Waals surface area contributed by atoms with E-state index in [2.05, 4.69) is 32.8 Å². The fourth-order valence-electron chi connectivity index (χ4n) is 3.33. The minimum atomic E-state index is -0.549. The van der Waals surface area contributed by atoms with Gasteiger partial charge in [-0.1, -0.05) is 19.8 Å². The molecule has 0 radical (unpaired) electrons. The molecule has 1 atom stereocenters. The molecule has 1 aliphatic heterocycles. The first-order valence-corrected chi connectivity index (χ1v) is 10.9. The maximum atomic E-state index is 11.7. The molecular weight excluding hydrogens is 396 g/mol. The molecule has 0 saturated heterocycles. The first-order chi connectivity index (χ1) is 15.1. The molecule has 1 aliphatic carbocycles. The Morgan fingerprint density at radius 2 is 2.23 bits per heavy atom. The monoisotopic (exact) mass is 426 g/mol. The fourth-order valence-corrected chi connectivity index (χ4v) is 3.33. The summed E-state index contributed by atoms with van der Waals surface area (Å²) < 4.78 is 11.9. The van der Waals surface area contributed by atoms with E-state index in [1.54, 1.807) is 0 Å². The molecule has 1 fully saturated rings. The van der Waals surface area contributed by atoms with Gasteiger partial charge in [0.25, 0.3) is 5.91 Å². The van der Waals surface area contributed by atoms with Gasteiger partial charge < -0.3 is 31.2 Å². The number of anilines is 4. The molecule has 0 unspecified atom stereocenters. The Bertz CT molecular complexity index is 918. The second-order valence-electron chi connectivity index (χ2n) is 7.97. The molecule has 2 aliphatic rings. The normalized spacial score (nSPS) is 17.6. The number of amides is 1. The third-order valence-electron chi connectivity index (χ3n) is 5.25.